The summed E-state index contributed by atoms with van der Waals surface area (Å²) >= 11 is 4.55. The average molecular weight is 291 g/mol. The third kappa shape index (κ3) is 6.54. The second kappa shape index (κ2) is 8.37. The standard InChI is InChI=1S/C9H13N3O2S3/c1-15-9(6-12(13)14)10-3-5-16-7-8-2-4-17-11-8/h2,4,6,10H,3,5,7H2,1H3. The summed E-state index contributed by atoms with van der Waals surface area (Å²) in [5, 5.41) is 15.8. The van der Waals surface area contributed by atoms with Gasteiger partial charge in [-0.15, -0.1) is 11.8 Å². The van der Waals surface area contributed by atoms with E-state index in [0.29, 0.717) is 5.03 Å². The van der Waals surface area contributed by atoms with Gasteiger partial charge in [-0.25, -0.2) is 0 Å². The largest absolute Gasteiger partial charge is 0.374 e. The lowest BCUT2D eigenvalue weighted by molar-refractivity contribution is -0.403. The zero-order valence-electron chi connectivity index (χ0n) is 9.29. The van der Waals surface area contributed by atoms with Gasteiger partial charge in [0.1, 0.15) is 5.03 Å². The molecule has 0 aliphatic carbocycles. The highest BCUT2D eigenvalue weighted by atomic mass is 32.2. The van der Waals surface area contributed by atoms with Crippen LogP contribution in [0, 0.1) is 10.1 Å². The van der Waals surface area contributed by atoms with Crippen LogP contribution in [0.3, 0.4) is 0 Å². The van der Waals surface area contributed by atoms with Crippen molar-refractivity contribution in [1.82, 2.24) is 9.69 Å². The predicted molar refractivity (Wildman–Crippen MR) is 74.9 cm³/mol. The third-order valence-electron chi connectivity index (χ3n) is 1.73. The number of aromatic nitrogens is 1. The normalized spacial score (nSPS) is 11.5. The summed E-state index contributed by atoms with van der Waals surface area (Å²) in [6, 6.07) is 2.01. The molecule has 0 unspecified atom stereocenters. The molecule has 0 aromatic carbocycles. The summed E-state index contributed by atoms with van der Waals surface area (Å²) in [6.07, 6.45) is 2.81. The van der Waals surface area contributed by atoms with E-state index in [1.165, 1.54) is 23.3 Å². The lowest BCUT2D eigenvalue weighted by Gasteiger charge is -2.05. The summed E-state index contributed by atoms with van der Waals surface area (Å²) in [7, 11) is 0. The Bertz CT molecular complexity index is 368. The van der Waals surface area contributed by atoms with E-state index >= 15 is 0 Å². The number of hydrogen-bond donors (Lipinski definition) is 1. The minimum atomic E-state index is -0.443. The van der Waals surface area contributed by atoms with E-state index in [2.05, 4.69) is 9.69 Å². The van der Waals surface area contributed by atoms with Crippen molar-refractivity contribution in [3.63, 3.8) is 0 Å². The van der Waals surface area contributed by atoms with Crippen LogP contribution in [0.5, 0.6) is 0 Å². The van der Waals surface area contributed by atoms with E-state index in [-0.39, 0.29) is 0 Å². The van der Waals surface area contributed by atoms with Crippen molar-refractivity contribution in [3.8, 4) is 0 Å². The molecule has 1 N–H and O–H groups in total. The SMILES string of the molecule is CSC(=C[N+](=O)[O-])NCCSCc1ccsn1. The lowest BCUT2D eigenvalue weighted by atomic mass is 10.5. The van der Waals surface area contributed by atoms with Crippen molar-refractivity contribution in [2.75, 3.05) is 18.6 Å². The van der Waals surface area contributed by atoms with Crippen LogP contribution in [0.1, 0.15) is 5.69 Å². The molecular weight excluding hydrogens is 278 g/mol. The van der Waals surface area contributed by atoms with Gasteiger partial charge < -0.3 is 5.32 Å². The summed E-state index contributed by atoms with van der Waals surface area (Å²) in [6.45, 7) is 0.718. The molecule has 1 heterocycles. The van der Waals surface area contributed by atoms with E-state index in [9.17, 15) is 10.1 Å². The molecule has 1 aromatic rings. The Morgan fingerprint density at radius 1 is 1.76 bits per heavy atom. The number of hydrogen-bond acceptors (Lipinski definition) is 7. The molecule has 0 aliphatic rings. The fourth-order valence-corrected chi connectivity index (χ4v) is 2.82. The minimum Gasteiger partial charge on any atom is -0.374 e. The van der Waals surface area contributed by atoms with E-state index in [4.69, 9.17) is 0 Å². The molecule has 1 rings (SSSR count). The summed E-state index contributed by atoms with van der Waals surface area (Å²) < 4.78 is 4.20. The Labute approximate surface area is 112 Å². The van der Waals surface area contributed by atoms with Crippen LogP contribution in [0.15, 0.2) is 22.7 Å². The van der Waals surface area contributed by atoms with Crippen LogP contribution in [0.4, 0.5) is 0 Å². The molecule has 0 fully saturated rings. The highest BCUT2D eigenvalue weighted by molar-refractivity contribution is 8.02. The molecule has 8 heteroatoms. The Morgan fingerprint density at radius 3 is 3.18 bits per heavy atom. The average Bonchev–Trinajstić information content (AvgIpc) is 2.79. The van der Waals surface area contributed by atoms with Gasteiger partial charge in [-0.05, 0) is 23.9 Å². The van der Waals surface area contributed by atoms with E-state index < -0.39 is 4.92 Å². The zero-order chi connectivity index (χ0) is 12.5. The van der Waals surface area contributed by atoms with E-state index in [1.54, 1.807) is 11.8 Å². The summed E-state index contributed by atoms with van der Waals surface area (Å²) in [5.74, 6) is 1.78. The number of nitro groups is 1. The Hall–Kier alpha value is -0.730. The van der Waals surface area contributed by atoms with E-state index in [0.717, 1.165) is 29.9 Å². The molecular formula is C9H13N3O2S3. The first-order chi connectivity index (χ1) is 8.22. The first-order valence-electron chi connectivity index (χ1n) is 4.82. The molecule has 0 spiro atoms. The van der Waals surface area contributed by atoms with Gasteiger partial charge in [0.2, 0.25) is 0 Å². The van der Waals surface area contributed by atoms with Gasteiger partial charge in [-0.3, -0.25) is 10.1 Å². The molecule has 5 nitrogen and oxygen atoms in total. The van der Waals surface area contributed by atoms with Crippen molar-refractivity contribution >= 4 is 35.1 Å². The Morgan fingerprint density at radius 2 is 2.59 bits per heavy atom. The molecule has 17 heavy (non-hydrogen) atoms. The van der Waals surface area contributed by atoms with Gasteiger partial charge in [0.05, 0.1) is 10.6 Å². The van der Waals surface area contributed by atoms with Crippen molar-refractivity contribution in [2.24, 2.45) is 0 Å². The number of rotatable bonds is 8. The van der Waals surface area contributed by atoms with Gasteiger partial charge in [-0.2, -0.15) is 16.1 Å². The molecule has 0 amide bonds. The molecule has 94 valence electrons. The Kier molecular flexibility index (Phi) is 7.06. The van der Waals surface area contributed by atoms with Crippen LogP contribution in [0.2, 0.25) is 0 Å². The lowest BCUT2D eigenvalue weighted by Crippen LogP contribution is -2.15. The van der Waals surface area contributed by atoms with Crippen molar-refractivity contribution in [1.29, 1.82) is 0 Å². The third-order valence-corrected chi connectivity index (χ3v) is 4.01. The number of nitrogens with one attached hydrogen (secondary N) is 1. The van der Waals surface area contributed by atoms with Crippen LogP contribution in [-0.2, 0) is 5.75 Å². The predicted octanol–water partition coefficient (Wildman–Crippen LogP) is 2.40. The first-order valence-corrected chi connectivity index (χ1v) is 8.04. The quantitative estimate of drug-likeness (QED) is 0.450. The molecule has 0 radical (unpaired) electrons. The molecule has 0 bridgehead atoms. The van der Waals surface area contributed by atoms with Gasteiger partial charge in [0.25, 0.3) is 6.20 Å². The maximum atomic E-state index is 10.3. The van der Waals surface area contributed by atoms with E-state index in [1.807, 2.05) is 17.7 Å². The summed E-state index contributed by atoms with van der Waals surface area (Å²) in [5.41, 5.74) is 1.09. The van der Waals surface area contributed by atoms with Gasteiger partial charge in [0, 0.05) is 23.4 Å². The summed E-state index contributed by atoms with van der Waals surface area (Å²) in [4.78, 5) is 9.83. The van der Waals surface area contributed by atoms with Gasteiger partial charge >= 0.3 is 0 Å². The van der Waals surface area contributed by atoms with Crippen molar-refractivity contribution < 1.29 is 4.92 Å². The maximum Gasteiger partial charge on any atom is 0.263 e. The Balaban J connectivity index is 2.13. The topological polar surface area (TPSA) is 68.1 Å². The van der Waals surface area contributed by atoms with Gasteiger partial charge in [0.15, 0.2) is 0 Å². The van der Waals surface area contributed by atoms with Crippen molar-refractivity contribution in [2.45, 2.75) is 5.75 Å². The fraction of sp³-hybridized carbons (Fsp3) is 0.444. The number of nitrogens with zero attached hydrogens (tertiary/aromatic N) is 2. The first kappa shape index (κ1) is 14.3. The van der Waals surface area contributed by atoms with Crippen LogP contribution >= 0.6 is 35.1 Å². The minimum absolute atomic E-state index is 0.443. The molecule has 1 aromatic heterocycles. The molecule has 0 aliphatic heterocycles. The van der Waals surface area contributed by atoms with Crippen LogP contribution < -0.4 is 5.32 Å². The molecule has 0 saturated heterocycles. The molecule has 0 atom stereocenters. The zero-order valence-corrected chi connectivity index (χ0v) is 11.7. The second-order valence-corrected chi connectivity index (χ2v) is 5.57. The fourth-order valence-electron chi connectivity index (χ4n) is 1.00. The highest BCUT2D eigenvalue weighted by Crippen LogP contribution is 2.12. The maximum absolute atomic E-state index is 10.3. The monoisotopic (exact) mass is 291 g/mol. The van der Waals surface area contributed by atoms with Crippen LogP contribution in [0.25, 0.3) is 0 Å². The van der Waals surface area contributed by atoms with Crippen molar-refractivity contribution in [3.05, 3.63) is 38.5 Å². The van der Waals surface area contributed by atoms with Gasteiger partial charge in [-0.1, -0.05) is 0 Å². The molecule has 0 saturated carbocycles. The second-order valence-electron chi connectivity index (χ2n) is 2.95. The van der Waals surface area contributed by atoms with Crippen LogP contribution in [-0.4, -0.2) is 27.9 Å². The smallest absolute Gasteiger partial charge is 0.263 e. The number of thioether (sulfide) groups is 2. The highest BCUT2D eigenvalue weighted by Gasteiger charge is 2.00.